The number of anilines is 1. The van der Waals surface area contributed by atoms with Gasteiger partial charge in [-0.05, 0) is 113 Å². The lowest BCUT2D eigenvalue weighted by molar-refractivity contribution is -0.124. The molecule has 3 fully saturated rings. The third-order valence-corrected chi connectivity index (χ3v) is 11.0. The summed E-state index contributed by atoms with van der Waals surface area (Å²) in [5.74, 6) is 3.40. The van der Waals surface area contributed by atoms with Crippen molar-refractivity contribution < 1.29 is 23.5 Å². The third kappa shape index (κ3) is 8.81. The first-order valence-electron chi connectivity index (χ1n) is 18.3. The molecule has 0 saturated heterocycles. The maximum Gasteiger partial charge on any atom is 0.407 e. The van der Waals surface area contributed by atoms with Crippen LogP contribution in [0.15, 0.2) is 41.1 Å². The fourth-order valence-corrected chi connectivity index (χ4v) is 7.15. The van der Waals surface area contributed by atoms with E-state index < -0.39 is 0 Å². The molecule has 0 spiro atoms. The number of alkyl carbamates (subject to hydrolysis) is 1. The number of carbonyl (C=O) groups is 2. The van der Waals surface area contributed by atoms with Crippen LogP contribution in [-0.4, -0.2) is 53.3 Å². The summed E-state index contributed by atoms with van der Waals surface area (Å²) in [4.78, 5) is 43.2. The van der Waals surface area contributed by atoms with Gasteiger partial charge in [0.1, 0.15) is 29.6 Å². The molecular formula is C39H53N5O5. The Bertz CT molecular complexity index is 1580. The van der Waals surface area contributed by atoms with E-state index in [1.54, 1.807) is 19.6 Å². The lowest BCUT2D eigenvalue weighted by Gasteiger charge is -2.35. The number of ether oxygens (including phenoxy) is 2. The minimum absolute atomic E-state index is 0.0237. The molecule has 6 rings (SSSR count). The van der Waals surface area contributed by atoms with E-state index in [4.69, 9.17) is 28.8 Å². The molecule has 49 heavy (non-hydrogen) atoms. The SMILES string of the molecule is CCC(C)(C)CNC(=O)OC1CCC(C(=O)N(CC2CCC(c3ccc(OC)c(C)n3)CC2)c2cc(-c3coc(C4CC4)n3)ccn2)CC1. The predicted octanol–water partition coefficient (Wildman–Crippen LogP) is 8.35. The fraction of sp³-hybridized carbons (Fsp3) is 0.615. The number of aryl methyl sites for hydroxylation is 1. The summed E-state index contributed by atoms with van der Waals surface area (Å²) in [6.45, 7) is 9.56. The van der Waals surface area contributed by atoms with Gasteiger partial charge in [0.2, 0.25) is 5.91 Å². The van der Waals surface area contributed by atoms with Crippen molar-refractivity contribution in [3.8, 4) is 17.0 Å². The normalized spacial score (nSPS) is 22.7. The molecule has 2 amide bonds. The predicted molar refractivity (Wildman–Crippen MR) is 189 cm³/mol. The fourth-order valence-electron chi connectivity index (χ4n) is 7.15. The standard InChI is InChI=1S/C39H53N5O5/c1-6-39(3,4)24-41-38(46)49-31-15-13-29(14-16-31)37(45)44(35-21-30(19-20-40-35)33-23-48-36(43-33)28-11-12-28)22-26-7-9-27(10-8-26)32-17-18-34(47-5)25(2)42-32/h17-21,23,26-29,31H,6-16,22,24H2,1-5H3,(H,41,46). The first kappa shape index (κ1) is 34.9. The van der Waals surface area contributed by atoms with E-state index in [0.29, 0.717) is 62.3 Å². The van der Waals surface area contributed by atoms with Gasteiger partial charge >= 0.3 is 6.09 Å². The Labute approximate surface area is 290 Å². The highest BCUT2D eigenvalue weighted by Crippen LogP contribution is 2.41. The van der Waals surface area contributed by atoms with Crippen LogP contribution in [0.3, 0.4) is 0 Å². The average molecular weight is 672 g/mol. The summed E-state index contributed by atoms with van der Waals surface area (Å²) < 4.78 is 17.0. The lowest BCUT2D eigenvalue weighted by atomic mass is 9.79. The number of carbonyl (C=O) groups excluding carboxylic acids is 2. The Hall–Kier alpha value is -3.95. The van der Waals surface area contributed by atoms with E-state index >= 15 is 0 Å². The zero-order chi connectivity index (χ0) is 34.5. The van der Waals surface area contributed by atoms with Gasteiger partial charge in [0.05, 0.1) is 12.8 Å². The largest absolute Gasteiger partial charge is 0.495 e. The van der Waals surface area contributed by atoms with Crippen LogP contribution in [0.25, 0.3) is 11.3 Å². The van der Waals surface area contributed by atoms with E-state index in [1.807, 2.05) is 30.0 Å². The Morgan fingerprint density at radius 2 is 1.71 bits per heavy atom. The minimum Gasteiger partial charge on any atom is -0.495 e. The second-order valence-corrected chi connectivity index (χ2v) is 15.2. The van der Waals surface area contributed by atoms with Gasteiger partial charge in [0.15, 0.2) is 5.89 Å². The Morgan fingerprint density at radius 1 is 0.980 bits per heavy atom. The molecule has 0 aliphatic heterocycles. The molecule has 0 radical (unpaired) electrons. The number of nitrogens with zero attached hydrogens (tertiary/aromatic N) is 4. The van der Waals surface area contributed by atoms with Crippen molar-refractivity contribution in [1.82, 2.24) is 20.3 Å². The molecule has 0 aromatic carbocycles. The van der Waals surface area contributed by atoms with E-state index in [1.165, 1.54) is 0 Å². The minimum atomic E-state index is -0.368. The van der Waals surface area contributed by atoms with E-state index in [0.717, 1.165) is 79.2 Å². The number of nitrogens with one attached hydrogen (secondary N) is 1. The lowest BCUT2D eigenvalue weighted by Crippen LogP contribution is -2.43. The maximum absolute atomic E-state index is 14.4. The molecule has 1 N–H and O–H groups in total. The first-order valence-corrected chi connectivity index (χ1v) is 18.3. The Kier molecular flexibility index (Phi) is 10.9. The van der Waals surface area contributed by atoms with E-state index in [2.05, 4.69) is 32.2 Å². The van der Waals surface area contributed by atoms with Crippen LogP contribution in [-0.2, 0) is 9.53 Å². The van der Waals surface area contributed by atoms with Gasteiger partial charge in [-0.15, -0.1) is 0 Å². The van der Waals surface area contributed by atoms with Gasteiger partial charge in [-0.25, -0.2) is 14.8 Å². The summed E-state index contributed by atoms with van der Waals surface area (Å²) in [6, 6.07) is 8.03. The third-order valence-electron chi connectivity index (χ3n) is 11.0. The number of methoxy groups -OCH3 is 1. The van der Waals surface area contributed by atoms with Gasteiger partial charge in [0, 0.05) is 48.3 Å². The zero-order valence-electron chi connectivity index (χ0n) is 29.9. The average Bonchev–Trinajstić information content (AvgIpc) is 3.85. The highest BCUT2D eigenvalue weighted by molar-refractivity contribution is 5.94. The summed E-state index contributed by atoms with van der Waals surface area (Å²) >= 11 is 0. The van der Waals surface area contributed by atoms with E-state index in [9.17, 15) is 9.59 Å². The Morgan fingerprint density at radius 3 is 2.39 bits per heavy atom. The quantitative estimate of drug-likeness (QED) is 0.204. The van der Waals surface area contributed by atoms with Crippen molar-refractivity contribution in [3.63, 3.8) is 0 Å². The van der Waals surface area contributed by atoms with Crippen molar-refractivity contribution in [2.24, 2.45) is 17.3 Å². The molecule has 3 heterocycles. The van der Waals surface area contributed by atoms with Crippen molar-refractivity contribution >= 4 is 17.8 Å². The molecule has 3 aromatic rings. The molecule has 10 nitrogen and oxygen atoms in total. The van der Waals surface area contributed by atoms with Crippen LogP contribution in [0.2, 0.25) is 0 Å². The number of hydrogen-bond acceptors (Lipinski definition) is 8. The first-order chi connectivity index (χ1) is 23.6. The molecule has 10 heteroatoms. The molecule has 3 saturated carbocycles. The zero-order valence-corrected chi connectivity index (χ0v) is 29.9. The molecule has 3 aliphatic carbocycles. The molecule has 3 aliphatic rings. The highest BCUT2D eigenvalue weighted by atomic mass is 16.6. The number of hydrogen-bond donors (Lipinski definition) is 1. The van der Waals surface area contributed by atoms with Crippen LogP contribution < -0.4 is 15.0 Å². The summed E-state index contributed by atoms with van der Waals surface area (Å²) in [5, 5.41) is 2.93. The summed E-state index contributed by atoms with van der Waals surface area (Å²) in [7, 11) is 1.68. The van der Waals surface area contributed by atoms with Crippen LogP contribution in [0.5, 0.6) is 5.75 Å². The van der Waals surface area contributed by atoms with Gasteiger partial charge in [-0.3, -0.25) is 14.7 Å². The second-order valence-electron chi connectivity index (χ2n) is 15.2. The summed E-state index contributed by atoms with van der Waals surface area (Å²) in [6.07, 6.45) is 12.9. The molecular weight excluding hydrogens is 618 g/mol. The molecule has 264 valence electrons. The number of oxazole rings is 1. The maximum atomic E-state index is 14.4. The number of rotatable bonds is 12. The number of amides is 2. The summed E-state index contributed by atoms with van der Waals surface area (Å²) in [5.41, 5.74) is 3.74. The number of pyridine rings is 2. The van der Waals surface area contributed by atoms with Gasteiger partial charge < -0.3 is 19.2 Å². The van der Waals surface area contributed by atoms with Crippen LogP contribution >= 0.6 is 0 Å². The van der Waals surface area contributed by atoms with E-state index in [-0.39, 0.29) is 29.4 Å². The van der Waals surface area contributed by atoms with Crippen LogP contribution in [0.4, 0.5) is 10.6 Å². The number of aromatic nitrogens is 3. The van der Waals surface area contributed by atoms with Gasteiger partial charge in [0.25, 0.3) is 0 Å². The van der Waals surface area contributed by atoms with Crippen molar-refractivity contribution in [2.45, 2.75) is 116 Å². The van der Waals surface area contributed by atoms with Gasteiger partial charge in [-0.2, -0.15) is 0 Å². The molecule has 3 aromatic heterocycles. The molecule has 0 unspecified atom stereocenters. The van der Waals surface area contributed by atoms with Gasteiger partial charge in [-0.1, -0.05) is 20.8 Å². The smallest absolute Gasteiger partial charge is 0.407 e. The second kappa shape index (κ2) is 15.3. The Balaban J connectivity index is 1.13. The monoisotopic (exact) mass is 671 g/mol. The topological polar surface area (TPSA) is 120 Å². The van der Waals surface area contributed by atoms with Crippen molar-refractivity contribution in [1.29, 1.82) is 0 Å². The highest BCUT2D eigenvalue weighted by Gasteiger charge is 2.35. The van der Waals surface area contributed by atoms with Crippen LogP contribution in [0.1, 0.15) is 121 Å². The van der Waals surface area contributed by atoms with Crippen LogP contribution in [0, 0.1) is 24.2 Å². The molecule has 0 atom stereocenters. The van der Waals surface area contributed by atoms with Crippen molar-refractivity contribution in [3.05, 3.63) is 54.0 Å². The molecule has 0 bridgehead atoms. The van der Waals surface area contributed by atoms with Crippen molar-refractivity contribution in [2.75, 3.05) is 25.1 Å².